The lowest BCUT2D eigenvalue weighted by Crippen LogP contribution is -2.29. The summed E-state index contributed by atoms with van der Waals surface area (Å²) >= 11 is 1.25. The highest BCUT2D eigenvalue weighted by Gasteiger charge is 2.47. The van der Waals surface area contributed by atoms with E-state index in [0.717, 1.165) is 0 Å². The minimum atomic E-state index is -0.787. The van der Waals surface area contributed by atoms with Crippen LogP contribution in [0.3, 0.4) is 0 Å². The molecular weight excluding hydrogens is 404 g/mol. The molecule has 0 unspecified atom stereocenters. The smallest absolute Gasteiger partial charge is 0.301 e. The summed E-state index contributed by atoms with van der Waals surface area (Å²) in [5, 5.41) is 13.3. The van der Waals surface area contributed by atoms with E-state index < -0.39 is 17.7 Å². The topological polar surface area (TPSA) is 89.0 Å². The number of nitrogens with zero attached hydrogens (tertiary/aromatic N) is 2. The van der Waals surface area contributed by atoms with Gasteiger partial charge in [-0.1, -0.05) is 30.3 Å². The molecule has 1 atom stereocenters. The molecule has 0 radical (unpaired) electrons. The number of fused-ring (bicyclic) bond motifs is 1. The van der Waals surface area contributed by atoms with Crippen molar-refractivity contribution in [3.05, 3.63) is 76.8 Å². The average molecular weight is 420 g/mol. The Labute approximate surface area is 175 Å². The van der Waals surface area contributed by atoms with E-state index in [2.05, 4.69) is 4.98 Å². The highest BCUT2D eigenvalue weighted by atomic mass is 32.1. The molecule has 5 rings (SSSR count). The zero-order valence-electron chi connectivity index (χ0n) is 15.6. The fraction of sp³-hybridized carbons (Fsp3) is 0.136. The van der Waals surface area contributed by atoms with Crippen LogP contribution in [0.1, 0.15) is 17.2 Å². The van der Waals surface area contributed by atoms with E-state index in [1.54, 1.807) is 29.8 Å². The van der Waals surface area contributed by atoms with Crippen LogP contribution < -0.4 is 14.4 Å². The van der Waals surface area contributed by atoms with Crippen LogP contribution in [-0.2, 0) is 9.59 Å². The van der Waals surface area contributed by atoms with Gasteiger partial charge in [-0.15, -0.1) is 11.3 Å². The number of hydrogen-bond acceptors (Lipinski definition) is 7. The van der Waals surface area contributed by atoms with Crippen molar-refractivity contribution in [3.8, 4) is 11.5 Å². The maximum atomic E-state index is 13.0. The number of benzene rings is 2. The highest BCUT2D eigenvalue weighted by molar-refractivity contribution is 7.14. The van der Waals surface area contributed by atoms with Crippen molar-refractivity contribution in [1.82, 2.24) is 4.98 Å². The predicted octanol–water partition coefficient (Wildman–Crippen LogP) is 3.54. The number of carbonyl (C=O) groups excluding carboxylic acids is 2. The quantitative estimate of drug-likeness (QED) is 0.396. The van der Waals surface area contributed by atoms with Gasteiger partial charge in [0, 0.05) is 17.1 Å². The molecule has 2 aliphatic rings. The monoisotopic (exact) mass is 420 g/mol. The molecule has 8 heteroatoms. The summed E-state index contributed by atoms with van der Waals surface area (Å²) in [6.07, 6.45) is 1.57. The molecular formula is C22H16N2O5S. The number of aliphatic hydroxyl groups excluding tert-OH is 1. The Kier molecular flexibility index (Phi) is 4.48. The molecule has 3 aromatic rings. The van der Waals surface area contributed by atoms with Crippen molar-refractivity contribution >= 4 is 33.9 Å². The second-order valence-electron chi connectivity index (χ2n) is 6.75. The highest BCUT2D eigenvalue weighted by Crippen LogP contribution is 2.43. The van der Waals surface area contributed by atoms with Crippen LogP contribution >= 0.6 is 11.3 Å². The van der Waals surface area contributed by atoms with Gasteiger partial charge >= 0.3 is 5.91 Å². The molecule has 7 nitrogen and oxygen atoms in total. The normalized spacial score (nSPS) is 19.9. The van der Waals surface area contributed by atoms with Crippen LogP contribution in [-0.4, -0.2) is 35.0 Å². The van der Waals surface area contributed by atoms with Crippen LogP contribution in [0.4, 0.5) is 5.13 Å². The Morgan fingerprint density at radius 2 is 1.83 bits per heavy atom. The second-order valence-corrected chi connectivity index (χ2v) is 7.63. The van der Waals surface area contributed by atoms with Crippen molar-refractivity contribution in [2.24, 2.45) is 0 Å². The van der Waals surface area contributed by atoms with Crippen molar-refractivity contribution < 1.29 is 24.2 Å². The number of ketones is 1. The van der Waals surface area contributed by atoms with Gasteiger partial charge in [-0.2, -0.15) is 0 Å². The summed E-state index contributed by atoms with van der Waals surface area (Å²) in [5.41, 5.74) is 1.08. The fourth-order valence-electron chi connectivity index (χ4n) is 3.66. The van der Waals surface area contributed by atoms with E-state index in [-0.39, 0.29) is 11.3 Å². The third-order valence-electron chi connectivity index (χ3n) is 5.00. The number of thiazole rings is 1. The zero-order valence-corrected chi connectivity index (χ0v) is 16.5. The number of carbonyl (C=O) groups is 2. The first kappa shape index (κ1) is 18.4. The van der Waals surface area contributed by atoms with Crippen LogP contribution in [0.15, 0.2) is 65.7 Å². The molecule has 0 spiro atoms. The molecule has 1 N–H and O–H groups in total. The van der Waals surface area contributed by atoms with Gasteiger partial charge in [0.15, 0.2) is 16.6 Å². The summed E-state index contributed by atoms with van der Waals surface area (Å²) in [4.78, 5) is 31.5. The third kappa shape index (κ3) is 2.93. The summed E-state index contributed by atoms with van der Waals surface area (Å²) in [6, 6.07) is 13.3. The maximum absolute atomic E-state index is 13.0. The van der Waals surface area contributed by atoms with Crippen molar-refractivity contribution in [1.29, 1.82) is 0 Å². The van der Waals surface area contributed by atoms with Crippen LogP contribution in [0.5, 0.6) is 11.5 Å². The molecule has 0 saturated carbocycles. The number of Topliss-reactive ketones (excluding diaryl/α,β-unsaturated/α-hetero) is 1. The molecule has 30 heavy (non-hydrogen) atoms. The van der Waals surface area contributed by atoms with Gasteiger partial charge in [0.2, 0.25) is 0 Å². The van der Waals surface area contributed by atoms with Gasteiger partial charge in [0.1, 0.15) is 19.0 Å². The van der Waals surface area contributed by atoms with Gasteiger partial charge in [-0.3, -0.25) is 14.5 Å². The average Bonchev–Trinajstić information content (AvgIpc) is 3.40. The van der Waals surface area contributed by atoms with Crippen LogP contribution in [0.25, 0.3) is 5.76 Å². The minimum Gasteiger partial charge on any atom is -0.507 e. The van der Waals surface area contributed by atoms with E-state index in [0.29, 0.717) is 41.0 Å². The first-order valence-electron chi connectivity index (χ1n) is 9.30. The summed E-state index contributed by atoms with van der Waals surface area (Å²) in [5.74, 6) is -0.695. The molecule has 150 valence electrons. The Hall–Kier alpha value is -3.65. The van der Waals surface area contributed by atoms with Crippen molar-refractivity contribution in [2.75, 3.05) is 18.1 Å². The SMILES string of the molecule is O=C1C(=O)N(c2nccs2)[C@H](c2ccccc2)C1=C(O)c1ccc2c(c1)OCCO2. The summed E-state index contributed by atoms with van der Waals surface area (Å²) in [6.45, 7) is 0.848. The van der Waals surface area contributed by atoms with Crippen LogP contribution in [0.2, 0.25) is 0 Å². The van der Waals surface area contributed by atoms with E-state index in [9.17, 15) is 14.7 Å². The Bertz CT molecular complexity index is 1160. The number of amides is 1. The minimum absolute atomic E-state index is 0.0121. The van der Waals surface area contributed by atoms with E-state index in [4.69, 9.17) is 9.47 Å². The molecule has 2 aliphatic heterocycles. The Morgan fingerprint density at radius 1 is 1.07 bits per heavy atom. The number of hydrogen-bond donors (Lipinski definition) is 1. The summed E-state index contributed by atoms with van der Waals surface area (Å²) < 4.78 is 11.1. The number of anilines is 1. The molecule has 1 saturated heterocycles. The first-order valence-corrected chi connectivity index (χ1v) is 10.2. The largest absolute Gasteiger partial charge is 0.507 e. The molecule has 1 aromatic heterocycles. The lowest BCUT2D eigenvalue weighted by atomic mass is 9.95. The fourth-order valence-corrected chi connectivity index (χ4v) is 4.33. The molecule has 1 amide bonds. The third-order valence-corrected chi connectivity index (χ3v) is 5.77. The molecule has 0 bridgehead atoms. The lowest BCUT2D eigenvalue weighted by molar-refractivity contribution is -0.132. The number of aromatic nitrogens is 1. The number of aliphatic hydroxyl groups is 1. The molecule has 1 fully saturated rings. The van der Waals surface area contributed by atoms with Gasteiger partial charge < -0.3 is 14.6 Å². The van der Waals surface area contributed by atoms with Gasteiger partial charge in [0.25, 0.3) is 5.78 Å². The van der Waals surface area contributed by atoms with Gasteiger partial charge in [0.05, 0.1) is 11.6 Å². The van der Waals surface area contributed by atoms with Crippen molar-refractivity contribution in [2.45, 2.75) is 6.04 Å². The number of ether oxygens (including phenoxy) is 2. The molecule has 3 heterocycles. The predicted molar refractivity (Wildman–Crippen MR) is 111 cm³/mol. The van der Waals surface area contributed by atoms with Crippen LogP contribution in [0, 0.1) is 0 Å². The first-order chi connectivity index (χ1) is 14.6. The Morgan fingerprint density at radius 3 is 2.57 bits per heavy atom. The second kappa shape index (κ2) is 7.31. The number of rotatable bonds is 3. The van der Waals surface area contributed by atoms with E-state index >= 15 is 0 Å². The standard InChI is InChI=1S/C22H16N2O5S/c25-19(14-6-7-15-16(12-14)29-10-9-28-15)17-18(13-4-2-1-3-5-13)24(21(27)20(17)26)22-23-8-11-30-22/h1-8,11-12,18,25H,9-10H2/t18-/m1/s1. The summed E-state index contributed by atoms with van der Waals surface area (Å²) in [7, 11) is 0. The molecule has 2 aromatic carbocycles. The van der Waals surface area contributed by atoms with Gasteiger partial charge in [-0.05, 0) is 23.8 Å². The van der Waals surface area contributed by atoms with E-state index in [1.165, 1.54) is 16.2 Å². The lowest BCUT2D eigenvalue weighted by Gasteiger charge is -2.23. The van der Waals surface area contributed by atoms with E-state index in [1.807, 2.05) is 30.3 Å². The van der Waals surface area contributed by atoms with Gasteiger partial charge in [-0.25, -0.2) is 4.98 Å². The van der Waals surface area contributed by atoms with Crippen molar-refractivity contribution in [3.63, 3.8) is 0 Å². The zero-order chi connectivity index (χ0) is 20.7. The molecule has 0 aliphatic carbocycles. The maximum Gasteiger partial charge on any atom is 0.301 e. The Balaban J connectivity index is 1.68.